The molecule has 30 heavy (non-hydrogen) atoms. The minimum Gasteiger partial charge on any atom is -0.370 e. The lowest BCUT2D eigenvalue weighted by Gasteiger charge is -2.18. The van der Waals surface area contributed by atoms with Gasteiger partial charge in [-0.15, -0.1) is 0 Å². The van der Waals surface area contributed by atoms with Gasteiger partial charge in [0.05, 0.1) is 6.20 Å². The van der Waals surface area contributed by atoms with E-state index >= 15 is 0 Å². The van der Waals surface area contributed by atoms with Crippen molar-refractivity contribution in [2.24, 2.45) is 5.73 Å². The zero-order valence-corrected chi connectivity index (χ0v) is 16.7. The first kappa shape index (κ1) is 21.3. The van der Waals surface area contributed by atoms with E-state index in [4.69, 9.17) is 5.73 Å². The maximum absolute atomic E-state index is 14.2. The molecule has 0 aliphatic heterocycles. The highest BCUT2D eigenvalue weighted by atomic mass is 19.1. The van der Waals surface area contributed by atoms with Gasteiger partial charge in [-0.25, -0.2) is 23.1 Å². The Kier molecular flexibility index (Phi) is 6.09. The van der Waals surface area contributed by atoms with Crippen LogP contribution in [0.4, 0.5) is 30.8 Å². The third kappa shape index (κ3) is 4.61. The zero-order chi connectivity index (χ0) is 22.0. The van der Waals surface area contributed by atoms with Gasteiger partial charge < -0.3 is 16.4 Å². The largest absolute Gasteiger partial charge is 0.370 e. The first-order valence-corrected chi connectivity index (χ1v) is 9.37. The maximum Gasteiger partial charge on any atom is 0.224 e. The number of rotatable bonds is 8. The molecule has 0 saturated carbocycles. The van der Waals surface area contributed by atoms with Crippen molar-refractivity contribution in [3.05, 3.63) is 35.8 Å². The quantitative estimate of drug-likeness (QED) is 0.512. The fourth-order valence-corrected chi connectivity index (χ4v) is 2.98. The molecule has 3 aromatic rings. The molecule has 1 atom stereocenters. The Labute approximate surface area is 170 Å². The molecule has 0 spiro atoms. The molecule has 0 bridgehead atoms. The van der Waals surface area contributed by atoms with E-state index < -0.39 is 29.0 Å². The molecule has 3 rings (SSSR count). The highest BCUT2D eigenvalue weighted by Gasteiger charge is 2.21. The summed E-state index contributed by atoms with van der Waals surface area (Å²) in [6, 6.07) is 0.864. The molecule has 0 aliphatic carbocycles. The Balaban J connectivity index is 2.10. The number of fused-ring (bicyclic) bond motifs is 1. The average molecular weight is 421 g/mol. The number of aromatic nitrogens is 4. The SMILES string of the molecule is CC(C)Nc1ncc2nc(Nc3c(F)cc(F)cc3F)n([C@H](C)CCC(N)=O)c2n1. The molecule has 0 fully saturated rings. The smallest absolute Gasteiger partial charge is 0.224 e. The molecule has 2 heterocycles. The van der Waals surface area contributed by atoms with E-state index in [1.807, 2.05) is 13.8 Å². The molecule has 11 heteroatoms. The predicted molar refractivity (Wildman–Crippen MR) is 107 cm³/mol. The average Bonchev–Trinajstić information content (AvgIpc) is 2.99. The summed E-state index contributed by atoms with van der Waals surface area (Å²) in [5.74, 6) is -3.30. The number of hydrogen-bond donors (Lipinski definition) is 3. The molecule has 1 aromatic carbocycles. The van der Waals surface area contributed by atoms with Crippen molar-refractivity contribution in [2.45, 2.75) is 45.7 Å². The molecule has 0 unspecified atom stereocenters. The molecule has 4 N–H and O–H groups in total. The lowest BCUT2D eigenvalue weighted by molar-refractivity contribution is -0.118. The summed E-state index contributed by atoms with van der Waals surface area (Å²) in [6.07, 6.45) is 1.93. The summed E-state index contributed by atoms with van der Waals surface area (Å²) >= 11 is 0. The fraction of sp³-hybridized carbons (Fsp3) is 0.368. The van der Waals surface area contributed by atoms with Gasteiger partial charge in [-0.1, -0.05) is 0 Å². The number of halogens is 3. The molecular weight excluding hydrogens is 399 g/mol. The van der Waals surface area contributed by atoms with Crippen LogP contribution in [0.15, 0.2) is 18.3 Å². The second-order valence-corrected chi connectivity index (χ2v) is 7.23. The Bertz CT molecular complexity index is 1060. The number of hydrogen-bond acceptors (Lipinski definition) is 6. The Hall–Kier alpha value is -3.37. The second kappa shape index (κ2) is 8.56. The Morgan fingerprint density at radius 1 is 1.17 bits per heavy atom. The first-order chi connectivity index (χ1) is 14.2. The van der Waals surface area contributed by atoms with Crippen molar-refractivity contribution in [1.82, 2.24) is 19.5 Å². The molecule has 0 radical (unpaired) electrons. The van der Waals surface area contributed by atoms with Crippen molar-refractivity contribution in [3.63, 3.8) is 0 Å². The topological polar surface area (TPSA) is 111 Å². The van der Waals surface area contributed by atoms with Gasteiger partial charge >= 0.3 is 0 Å². The van der Waals surface area contributed by atoms with E-state index in [0.717, 1.165) is 0 Å². The van der Waals surface area contributed by atoms with Crippen LogP contribution in [0.25, 0.3) is 11.2 Å². The van der Waals surface area contributed by atoms with Crippen molar-refractivity contribution in [1.29, 1.82) is 0 Å². The van der Waals surface area contributed by atoms with Gasteiger partial charge in [-0.05, 0) is 27.2 Å². The van der Waals surface area contributed by atoms with E-state index in [1.165, 1.54) is 6.20 Å². The third-order valence-corrected chi connectivity index (χ3v) is 4.34. The van der Waals surface area contributed by atoms with Crippen LogP contribution in [0.5, 0.6) is 0 Å². The van der Waals surface area contributed by atoms with Crippen LogP contribution >= 0.6 is 0 Å². The van der Waals surface area contributed by atoms with Crippen LogP contribution in [-0.2, 0) is 4.79 Å². The van der Waals surface area contributed by atoms with Crippen LogP contribution in [0.2, 0.25) is 0 Å². The monoisotopic (exact) mass is 421 g/mol. The van der Waals surface area contributed by atoms with Crippen LogP contribution in [-0.4, -0.2) is 31.5 Å². The van der Waals surface area contributed by atoms with E-state index in [2.05, 4.69) is 25.6 Å². The zero-order valence-electron chi connectivity index (χ0n) is 16.7. The van der Waals surface area contributed by atoms with Gasteiger partial charge in [0, 0.05) is 30.6 Å². The molecule has 0 aliphatic rings. The van der Waals surface area contributed by atoms with Crippen molar-refractivity contribution < 1.29 is 18.0 Å². The number of nitrogens with one attached hydrogen (secondary N) is 2. The first-order valence-electron chi connectivity index (χ1n) is 9.37. The number of carbonyl (C=O) groups excluding carboxylic acids is 1. The van der Waals surface area contributed by atoms with Crippen molar-refractivity contribution in [2.75, 3.05) is 10.6 Å². The van der Waals surface area contributed by atoms with Crippen molar-refractivity contribution in [3.8, 4) is 0 Å². The lowest BCUT2D eigenvalue weighted by Crippen LogP contribution is -2.16. The van der Waals surface area contributed by atoms with Gasteiger partial charge in [0.25, 0.3) is 0 Å². The summed E-state index contributed by atoms with van der Waals surface area (Å²) in [5, 5.41) is 5.66. The number of primary amides is 1. The summed E-state index contributed by atoms with van der Waals surface area (Å²) < 4.78 is 43.2. The summed E-state index contributed by atoms with van der Waals surface area (Å²) in [6.45, 7) is 5.64. The predicted octanol–water partition coefficient (Wildman–Crippen LogP) is 3.63. The number of imidazole rings is 1. The number of nitrogens with zero attached hydrogens (tertiary/aromatic N) is 4. The summed E-state index contributed by atoms with van der Waals surface area (Å²) in [7, 11) is 0. The molecule has 8 nitrogen and oxygen atoms in total. The van der Waals surface area contributed by atoms with Gasteiger partial charge in [0.15, 0.2) is 17.3 Å². The van der Waals surface area contributed by atoms with Gasteiger partial charge in [-0.3, -0.25) is 9.36 Å². The molecule has 2 aromatic heterocycles. The summed E-state index contributed by atoms with van der Waals surface area (Å²) in [4.78, 5) is 24.2. The molecular formula is C19H22F3N7O. The third-order valence-electron chi connectivity index (χ3n) is 4.34. The highest BCUT2D eigenvalue weighted by Crippen LogP contribution is 2.30. The van der Waals surface area contributed by atoms with Crippen LogP contribution in [0, 0.1) is 17.5 Å². The van der Waals surface area contributed by atoms with E-state index in [1.54, 1.807) is 11.5 Å². The van der Waals surface area contributed by atoms with Gasteiger partial charge in [0.2, 0.25) is 17.8 Å². The fourth-order valence-electron chi connectivity index (χ4n) is 2.98. The number of carbonyl (C=O) groups is 1. The van der Waals surface area contributed by atoms with Gasteiger partial charge in [0.1, 0.15) is 17.0 Å². The van der Waals surface area contributed by atoms with Crippen LogP contribution in [0.1, 0.15) is 39.7 Å². The van der Waals surface area contributed by atoms with Crippen molar-refractivity contribution >= 4 is 34.7 Å². The maximum atomic E-state index is 14.2. The van der Waals surface area contributed by atoms with Gasteiger partial charge in [-0.2, -0.15) is 4.98 Å². The highest BCUT2D eigenvalue weighted by molar-refractivity contribution is 5.77. The Morgan fingerprint density at radius 3 is 2.43 bits per heavy atom. The minimum absolute atomic E-state index is 0.0716. The molecule has 0 saturated heterocycles. The second-order valence-electron chi connectivity index (χ2n) is 7.23. The van der Waals surface area contributed by atoms with Crippen LogP contribution in [0.3, 0.4) is 0 Å². The minimum atomic E-state index is -1.11. The number of nitrogens with two attached hydrogens (primary N) is 1. The van der Waals surface area contributed by atoms with E-state index in [9.17, 15) is 18.0 Å². The standard InChI is InChI=1S/C19H22F3N7O/c1-9(2)25-18-24-8-14-17(28-18)29(10(3)4-5-15(23)30)19(26-14)27-16-12(21)6-11(20)7-13(16)22/h6-10H,4-5H2,1-3H3,(H2,23,30)(H,26,27)(H,24,25,28)/t10-/m1/s1. The number of benzene rings is 1. The number of amides is 1. The number of anilines is 3. The summed E-state index contributed by atoms with van der Waals surface area (Å²) in [5.41, 5.74) is 5.47. The molecule has 1 amide bonds. The van der Waals surface area contributed by atoms with E-state index in [-0.39, 0.29) is 24.5 Å². The lowest BCUT2D eigenvalue weighted by atomic mass is 10.2. The van der Waals surface area contributed by atoms with Crippen LogP contribution < -0.4 is 16.4 Å². The molecule has 160 valence electrons. The normalized spacial score (nSPS) is 12.4. The Morgan fingerprint density at radius 2 is 1.83 bits per heavy atom. The van der Waals surface area contributed by atoms with E-state index in [0.29, 0.717) is 35.7 Å².